The monoisotopic (exact) mass is 225 g/mol. The summed E-state index contributed by atoms with van der Waals surface area (Å²) >= 11 is 0. The van der Waals surface area contributed by atoms with Crippen LogP contribution in [0.3, 0.4) is 0 Å². The van der Waals surface area contributed by atoms with E-state index in [0.717, 1.165) is 0 Å². The van der Waals surface area contributed by atoms with Crippen molar-refractivity contribution in [2.75, 3.05) is 27.5 Å². The predicted octanol–water partition coefficient (Wildman–Crippen LogP) is 2.05. The first kappa shape index (κ1) is 13.2. The van der Waals surface area contributed by atoms with Crippen molar-refractivity contribution in [3.8, 4) is 6.07 Å². The minimum absolute atomic E-state index is 0.910. The van der Waals surface area contributed by atoms with E-state index in [1.54, 1.807) is 13.3 Å². The molecule has 0 N–H and O–H groups in total. The molecule has 0 radical (unpaired) electrons. The smallest absolute Gasteiger partial charge is 0.258 e. The van der Waals surface area contributed by atoms with E-state index < -0.39 is 23.0 Å². The van der Waals surface area contributed by atoms with Crippen LogP contribution in [0.25, 0.3) is 0 Å². The zero-order valence-electron chi connectivity index (χ0n) is 8.05. The van der Waals surface area contributed by atoms with Crippen molar-refractivity contribution in [3.05, 3.63) is 0 Å². The maximum absolute atomic E-state index is 8.62. The molecule has 0 aliphatic rings. The molecule has 2 atom stereocenters. The van der Waals surface area contributed by atoms with Gasteiger partial charge in [0, 0.05) is 27.5 Å². The third-order valence-corrected chi connectivity index (χ3v) is 3.11. The van der Waals surface area contributed by atoms with Crippen LogP contribution < -0.4 is 0 Å². The average Bonchev–Trinajstić information content (AvgIpc) is 2.16. The average molecular weight is 225 g/mol. The molecule has 0 saturated heterocycles. The summed E-state index contributed by atoms with van der Waals surface area (Å²) < 4.78 is 20.0. The quantitative estimate of drug-likeness (QED) is 0.511. The van der Waals surface area contributed by atoms with Gasteiger partial charge in [-0.15, -0.1) is 0 Å². The highest BCUT2D eigenvalue weighted by molar-refractivity contribution is 7.47. The Labute approximate surface area is 80.8 Å². The van der Waals surface area contributed by atoms with Gasteiger partial charge in [0.25, 0.3) is 6.29 Å². The second-order valence-electron chi connectivity index (χ2n) is 1.92. The summed E-state index contributed by atoms with van der Waals surface area (Å²) in [6.45, 7) is 3.49. The third-order valence-electron chi connectivity index (χ3n) is 1.11. The summed E-state index contributed by atoms with van der Waals surface area (Å²) in [7, 11) is 0.934. The van der Waals surface area contributed by atoms with Crippen molar-refractivity contribution in [2.24, 2.45) is 0 Å². The molecule has 0 aliphatic carbocycles. The first-order valence-electron chi connectivity index (χ1n) is 3.42. The van der Waals surface area contributed by atoms with Gasteiger partial charge in [0.1, 0.15) is 6.07 Å². The van der Waals surface area contributed by atoms with Crippen molar-refractivity contribution >= 4 is 16.8 Å². The molecular formula is C6H13NO4P2. The lowest BCUT2D eigenvalue weighted by Crippen LogP contribution is -2.09. The van der Waals surface area contributed by atoms with Crippen LogP contribution in [0.15, 0.2) is 0 Å². The summed E-state index contributed by atoms with van der Waals surface area (Å²) in [5.74, 6) is 0. The van der Waals surface area contributed by atoms with Crippen LogP contribution in [-0.4, -0.2) is 33.8 Å². The first-order valence-corrected chi connectivity index (χ1v) is 6.67. The van der Waals surface area contributed by atoms with Crippen LogP contribution in [0, 0.1) is 11.3 Å². The van der Waals surface area contributed by atoms with Crippen LogP contribution in [0.4, 0.5) is 0 Å². The van der Waals surface area contributed by atoms with Gasteiger partial charge in [-0.1, -0.05) is 0 Å². The Balaban J connectivity index is 3.84. The fraction of sp³-hybridized carbons (Fsp3) is 0.833. The fourth-order valence-corrected chi connectivity index (χ4v) is 1.38. The van der Waals surface area contributed by atoms with E-state index >= 15 is 0 Å². The highest BCUT2D eigenvalue weighted by Crippen LogP contribution is 2.39. The summed E-state index contributed by atoms with van der Waals surface area (Å²) in [6.07, 6.45) is -0.910. The highest BCUT2D eigenvalue weighted by atomic mass is 31.2. The van der Waals surface area contributed by atoms with Gasteiger partial charge >= 0.3 is 0 Å². The molecule has 76 valence electrons. The molecule has 0 rings (SSSR count). The van der Waals surface area contributed by atoms with Gasteiger partial charge in [-0.3, -0.25) is 9.05 Å². The molecule has 0 aromatic heterocycles. The molecule has 0 heterocycles. The second-order valence-corrected chi connectivity index (χ2v) is 4.83. The molecule has 13 heavy (non-hydrogen) atoms. The molecule has 0 aliphatic heterocycles. The van der Waals surface area contributed by atoms with Crippen LogP contribution in [0.5, 0.6) is 0 Å². The van der Waals surface area contributed by atoms with E-state index in [9.17, 15) is 0 Å². The van der Waals surface area contributed by atoms with Gasteiger partial charge in [0.15, 0.2) is 16.8 Å². The number of nitriles is 1. The van der Waals surface area contributed by atoms with Gasteiger partial charge in [-0.2, -0.15) is 5.26 Å². The van der Waals surface area contributed by atoms with E-state index in [-0.39, 0.29) is 0 Å². The summed E-state index contributed by atoms with van der Waals surface area (Å²) in [6, 6.07) is 1.86. The lowest BCUT2D eigenvalue weighted by molar-refractivity contribution is 0.0537. The lowest BCUT2D eigenvalue weighted by Gasteiger charge is -2.17. The Kier molecular flexibility index (Phi) is 7.69. The molecule has 5 nitrogen and oxygen atoms in total. The van der Waals surface area contributed by atoms with Crippen molar-refractivity contribution in [1.29, 1.82) is 5.26 Å². The van der Waals surface area contributed by atoms with E-state index in [0.29, 0.717) is 0 Å². The zero-order valence-corrected chi connectivity index (χ0v) is 9.84. The zero-order chi connectivity index (χ0) is 10.3. The SMILES string of the molecule is COP(C)OC(C#N)OP(C)OC. The summed E-state index contributed by atoms with van der Waals surface area (Å²) in [5, 5.41) is 8.62. The molecule has 0 saturated carbocycles. The van der Waals surface area contributed by atoms with Crippen LogP contribution in [0.2, 0.25) is 0 Å². The molecule has 7 heteroatoms. The van der Waals surface area contributed by atoms with E-state index in [1.807, 2.05) is 6.07 Å². The van der Waals surface area contributed by atoms with Gasteiger partial charge < -0.3 is 9.05 Å². The molecule has 2 unspecified atom stereocenters. The Bertz CT molecular complexity index is 163. The molecular weight excluding hydrogens is 212 g/mol. The maximum atomic E-state index is 8.62. The third kappa shape index (κ3) is 6.29. The van der Waals surface area contributed by atoms with E-state index in [2.05, 4.69) is 0 Å². The normalized spacial score (nSPS) is 17.5. The molecule has 0 amide bonds. The Morgan fingerprint density at radius 1 is 1.08 bits per heavy atom. The molecule has 0 bridgehead atoms. The Morgan fingerprint density at radius 3 is 1.69 bits per heavy atom. The highest BCUT2D eigenvalue weighted by Gasteiger charge is 2.16. The summed E-state index contributed by atoms with van der Waals surface area (Å²) in [4.78, 5) is 0. The largest absolute Gasteiger partial charge is 0.338 e. The van der Waals surface area contributed by atoms with Crippen LogP contribution in [0.1, 0.15) is 0 Å². The second kappa shape index (κ2) is 7.58. The predicted molar refractivity (Wildman–Crippen MR) is 51.3 cm³/mol. The minimum atomic E-state index is -1.05. The number of hydrogen-bond acceptors (Lipinski definition) is 5. The fourth-order valence-electron chi connectivity index (χ4n) is 0.422. The first-order chi connectivity index (χ1) is 6.13. The number of hydrogen-bond donors (Lipinski definition) is 0. The molecule has 0 spiro atoms. The van der Waals surface area contributed by atoms with Crippen LogP contribution in [-0.2, 0) is 18.1 Å². The molecule has 0 fully saturated rings. The lowest BCUT2D eigenvalue weighted by atomic mass is 10.8. The van der Waals surface area contributed by atoms with Gasteiger partial charge in [-0.25, -0.2) is 0 Å². The summed E-state index contributed by atoms with van der Waals surface area (Å²) in [5.41, 5.74) is 0. The van der Waals surface area contributed by atoms with Gasteiger partial charge in [-0.05, 0) is 0 Å². The van der Waals surface area contributed by atoms with Gasteiger partial charge in [0.05, 0.1) is 0 Å². The topological polar surface area (TPSA) is 60.7 Å². The van der Waals surface area contributed by atoms with Crippen molar-refractivity contribution < 1.29 is 18.1 Å². The van der Waals surface area contributed by atoms with Crippen molar-refractivity contribution in [1.82, 2.24) is 0 Å². The Morgan fingerprint density at radius 2 is 1.46 bits per heavy atom. The molecule has 0 aromatic rings. The van der Waals surface area contributed by atoms with Crippen molar-refractivity contribution in [3.63, 3.8) is 0 Å². The van der Waals surface area contributed by atoms with E-state index in [1.165, 1.54) is 14.2 Å². The van der Waals surface area contributed by atoms with Crippen LogP contribution >= 0.6 is 16.8 Å². The number of nitrogens with zero attached hydrogens (tertiary/aromatic N) is 1. The maximum Gasteiger partial charge on any atom is 0.258 e. The van der Waals surface area contributed by atoms with Crippen molar-refractivity contribution in [2.45, 2.75) is 6.29 Å². The van der Waals surface area contributed by atoms with Gasteiger partial charge in [0.2, 0.25) is 0 Å². The molecule has 0 aromatic carbocycles. The Hall–Kier alpha value is 0.190. The number of rotatable bonds is 6. The minimum Gasteiger partial charge on any atom is -0.338 e. The standard InChI is InChI=1S/C6H13NO4P2/c1-8-12(3)10-6(5-7)11-13(4)9-2/h6H,1-4H3. The van der Waals surface area contributed by atoms with E-state index in [4.69, 9.17) is 23.4 Å².